The van der Waals surface area contributed by atoms with E-state index in [1.54, 1.807) is 6.92 Å². The van der Waals surface area contributed by atoms with Crippen LogP contribution in [0.5, 0.6) is 0 Å². The number of rotatable bonds is 4. The van der Waals surface area contributed by atoms with Crippen LogP contribution in [0.25, 0.3) is 0 Å². The first-order valence-electron chi connectivity index (χ1n) is 7.16. The summed E-state index contributed by atoms with van der Waals surface area (Å²) in [4.78, 5) is 25.3. The van der Waals surface area contributed by atoms with Gasteiger partial charge in [-0.3, -0.25) is 4.79 Å². The fraction of sp³-hybridized carbons (Fsp3) is 0.467. The van der Waals surface area contributed by atoms with E-state index in [1.807, 2.05) is 0 Å². The summed E-state index contributed by atoms with van der Waals surface area (Å²) in [5.74, 6) is -1.52. The van der Waals surface area contributed by atoms with Crippen LogP contribution >= 0.6 is 0 Å². The topological polar surface area (TPSA) is 91.8 Å². The van der Waals surface area contributed by atoms with Crippen molar-refractivity contribution in [3.8, 4) is 0 Å². The number of carbonyl (C=O) groups excluding carboxylic acids is 1. The fourth-order valence-corrected chi connectivity index (χ4v) is 3.63. The Morgan fingerprint density at radius 3 is 2.59 bits per heavy atom. The molecule has 0 radical (unpaired) electrons. The van der Waals surface area contributed by atoms with Gasteiger partial charge in [0, 0.05) is 11.6 Å². The number of carboxylic acid groups (broad SMARTS) is 1. The van der Waals surface area contributed by atoms with E-state index in [1.165, 1.54) is 36.1 Å². The van der Waals surface area contributed by atoms with E-state index in [4.69, 9.17) is 0 Å². The minimum absolute atomic E-state index is 0.0531. The highest BCUT2D eigenvalue weighted by Crippen LogP contribution is 2.27. The molecule has 1 aromatic carbocycles. The van der Waals surface area contributed by atoms with E-state index < -0.39 is 27.8 Å². The second-order valence-electron chi connectivity index (χ2n) is 5.42. The highest BCUT2D eigenvalue weighted by atomic mass is 32.2. The number of likely N-dealkylation sites (tertiary alicyclic amines) is 1. The van der Waals surface area contributed by atoms with Gasteiger partial charge in [-0.05, 0) is 38.0 Å². The summed E-state index contributed by atoms with van der Waals surface area (Å²) in [6.07, 6.45) is 1.03. The average molecular weight is 325 g/mol. The molecule has 1 amide bonds. The Kier molecular flexibility index (Phi) is 4.55. The van der Waals surface area contributed by atoms with Crippen molar-refractivity contribution in [3.63, 3.8) is 0 Å². The van der Waals surface area contributed by atoms with Crippen LogP contribution < -0.4 is 0 Å². The molecule has 0 bridgehead atoms. The number of hydrogen-bond acceptors (Lipinski definition) is 4. The lowest BCUT2D eigenvalue weighted by atomic mass is 10.1. The third-order valence-corrected chi connectivity index (χ3v) is 5.74. The Morgan fingerprint density at radius 2 is 2.00 bits per heavy atom. The number of amides is 1. The Morgan fingerprint density at radius 1 is 1.32 bits per heavy atom. The zero-order chi connectivity index (χ0) is 16.5. The summed E-state index contributed by atoms with van der Waals surface area (Å²) in [5.41, 5.74) is 0.203. The number of benzene rings is 1. The lowest BCUT2D eigenvalue weighted by molar-refractivity contribution is -0.141. The molecule has 1 heterocycles. The molecule has 1 N–H and O–H groups in total. The molecule has 7 heteroatoms. The highest BCUT2D eigenvalue weighted by Gasteiger charge is 2.39. The molecule has 0 spiro atoms. The normalized spacial score (nSPS) is 21.8. The smallest absolute Gasteiger partial charge is 0.326 e. The number of carboxylic acids is 1. The maximum atomic E-state index is 12.6. The van der Waals surface area contributed by atoms with Gasteiger partial charge in [0.25, 0.3) is 5.91 Å². The SMILES string of the molecule is CCS(=O)(=O)c1cccc(C(=O)N2[C@H](C)CC[C@@H]2C(=O)O)c1. The molecule has 120 valence electrons. The summed E-state index contributed by atoms with van der Waals surface area (Å²) >= 11 is 0. The molecule has 2 atom stereocenters. The summed E-state index contributed by atoms with van der Waals surface area (Å²) < 4.78 is 23.8. The third kappa shape index (κ3) is 2.99. The molecule has 0 unspecified atom stereocenters. The monoisotopic (exact) mass is 325 g/mol. The largest absolute Gasteiger partial charge is 0.480 e. The van der Waals surface area contributed by atoms with Gasteiger partial charge in [0.15, 0.2) is 9.84 Å². The van der Waals surface area contributed by atoms with Gasteiger partial charge in [0.1, 0.15) is 6.04 Å². The van der Waals surface area contributed by atoms with Crippen LogP contribution in [0.2, 0.25) is 0 Å². The Hall–Kier alpha value is -1.89. The van der Waals surface area contributed by atoms with Gasteiger partial charge in [-0.15, -0.1) is 0 Å². The van der Waals surface area contributed by atoms with Crippen molar-refractivity contribution < 1.29 is 23.1 Å². The van der Waals surface area contributed by atoms with E-state index >= 15 is 0 Å². The zero-order valence-corrected chi connectivity index (χ0v) is 13.3. The van der Waals surface area contributed by atoms with Crippen molar-refractivity contribution in [2.24, 2.45) is 0 Å². The van der Waals surface area contributed by atoms with Crippen LogP contribution in [-0.4, -0.2) is 48.1 Å². The van der Waals surface area contributed by atoms with Crippen LogP contribution in [0.1, 0.15) is 37.0 Å². The van der Waals surface area contributed by atoms with E-state index in [-0.39, 0.29) is 22.3 Å². The lowest BCUT2D eigenvalue weighted by Crippen LogP contribution is -2.44. The van der Waals surface area contributed by atoms with Crippen molar-refractivity contribution in [1.29, 1.82) is 0 Å². The number of hydrogen-bond donors (Lipinski definition) is 1. The van der Waals surface area contributed by atoms with E-state index in [9.17, 15) is 23.1 Å². The quantitative estimate of drug-likeness (QED) is 0.907. The summed E-state index contributed by atoms with van der Waals surface area (Å²) in [6, 6.07) is 4.75. The average Bonchev–Trinajstić information content (AvgIpc) is 2.88. The Balaban J connectivity index is 2.37. The molecule has 22 heavy (non-hydrogen) atoms. The molecule has 0 aromatic heterocycles. The fourth-order valence-electron chi connectivity index (χ4n) is 2.71. The van der Waals surface area contributed by atoms with Crippen molar-refractivity contribution in [2.45, 2.75) is 43.7 Å². The van der Waals surface area contributed by atoms with Gasteiger partial charge in [-0.25, -0.2) is 13.2 Å². The minimum atomic E-state index is -3.41. The van der Waals surface area contributed by atoms with Crippen LogP contribution in [0.3, 0.4) is 0 Å². The van der Waals surface area contributed by atoms with Crippen LogP contribution in [0.4, 0.5) is 0 Å². The van der Waals surface area contributed by atoms with Crippen molar-refractivity contribution in [3.05, 3.63) is 29.8 Å². The summed E-state index contributed by atoms with van der Waals surface area (Å²) in [7, 11) is -3.41. The summed E-state index contributed by atoms with van der Waals surface area (Å²) in [5, 5.41) is 9.23. The van der Waals surface area contributed by atoms with Gasteiger partial charge in [0.05, 0.1) is 10.6 Å². The highest BCUT2D eigenvalue weighted by molar-refractivity contribution is 7.91. The van der Waals surface area contributed by atoms with Crippen LogP contribution in [0, 0.1) is 0 Å². The van der Waals surface area contributed by atoms with Crippen LogP contribution in [0.15, 0.2) is 29.2 Å². The molecule has 1 saturated heterocycles. The molecular formula is C15H19NO5S. The van der Waals surface area contributed by atoms with Gasteiger partial charge in [-0.2, -0.15) is 0 Å². The van der Waals surface area contributed by atoms with Gasteiger partial charge in [-0.1, -0.05) is 13.0 Å². The second kappa shape index (κ2) is 6.08. The second-order valence-corrected chi connectivity index (χ2v) is 7.70. The van der Waals surface area contributed by atoms with Crippen LogP contribution in [-0.2, 0) is 14.6 Å². The van der Waals surface area contributed by atoms with Crippen molar-refractivity contribution >= 4 is 21.7 Å². The molecule has 0 saturated carbocycles. The molecule has 0 aliphatic carbocycles. The first-order valence-corrected chi connectivity index (χ1v) is 8.81. The van der Waals surface area contributed by atoms with E-state index in [0.29, 0.717) is 12.8 Å². The maximum absolute atomic E-state index is 12.6. The molecule has 6 nitrogen and oxygen atoms in total. The van der Waals surface area contributed by atoms with Gasteiger partial charge in [0.2, 0.25) is 0 Å². The maximum Gasteiger partial charge on any atom is 0.326 e. The number of carbonyl (C=O) groups is 2. The minimum Gasteiger partial charge on any atom is -0.480 e. The molecular weight excluding hydrogens is 306 g/mol. The molecule has 1 aliphatic rings. The predicted molar refractivity (Wildman–Crippen MR) is 80.5 cm³/mol. The van der Waals surface area contributed by atoms with Crippen molar-refractivity contribution in [1.82, 2.24) is 4.90 Å². The molecule has 1 aromatic rings. The molecule has 2 rings (SSSR count). The van der Waals surface area contributed by atoms with Gasteiger partial charge < -0.3 is 10.0 Å². The first-order chi connectivity index (χ1) is 10.3. The number of nitrogens with zero attached hydrogens (tertiary/aromatic N) is 1. The Labute approximate surface area is 129 Å². The molecule has 1 fully saturated rings. The first kappa shape index (κ1) is 16.5. The summed E-state index contributed by atoms with van der Waals surface area (Å²) in [6.45, 7) is 3.33. The zero-order valence-electron chi connectivity index (χ0n) is 12.5. The number of sulfone groups is 1. The van der Waals surface area contributed by atoms with E-state index in [0.717, 1.165) is 0 Å². The van der Waals surface area contributed by atoms with Crippen molar-refractivity contribution in [2.75, 3.05) is 5.75 Å². The molecule has 1 aliphatic heterocycles. The Bertz CT molecular complexity index is 698. The lowest BCUT2D eigenvalue weighted by Gasteiger charge is -2.26. The van der Waals surface area contributed by atoms with E-state index in [2.05, 4.69) is 0 Å². The predicted octanol–water partition coefficient (Wildman–Crippen LogP) is 1.56. The number of aliphatic carboxylic acids is 1. The standard InChI is InChI=1S/C15H19NO5S/c1-3-22(20,21)12-6-4-5-11(9-12)14(17)16-10(2)7-8-13(16)15(18)19/h4-6,9-10,13H,3,7-8H2,1-2H3,(H,18,19)/t10-,13-/m1/s1. The van der Waals surface area contributed by atoms with Gasteiger partial charge >= 0.3 is 5.97 Å². The third-order valence-electron chi connectivity index (χ3n) is 4.01.